The molecule has 5 nitrogen and oxygen atoms in total. The Morgan fingerprint density at radius 2 is 2.08 bits per heavy atom. The molecule has 24 heavy (non-hydrogen) atoms. The van der Waals surface area contributed by atoms with Crippen LogP contribution in [0.5, 0.6) is 0 Å². The fourth-order valence-corrected chi connectivity index (χ4v) is 2.93. The number of para-hydroxylation sites is 1. The Hall–Kier alpha value is -2.97. The van der Waals surface area contributed by atoms with Crippen LogP contribution >= 0.6 is 0 Å². The second-order valence-electron chi connectivity index (χ2n) is 6.13. The van der Waals surface area contributed by atoms with Crippen LogP contribution in [0.3, 0.4) is 0 Å². The Morgan fingerprint density at radius 3 is 2.75 bits per heavy atom. The molecule has 3 heterocycles. The van der Waals surface area contributed by atoms with E-state index >= 15 is 0 Å². The number of H-pyrrole nitrogens is 1. The van der Waals surface area contributed by atoms with Crippen molar-refractivity contribution >= 4 is 10.9 Å². The van der Waals surface area contributed by atoms with Crippen LogP contribution in [0.2, 0.25) is 0 Å². The van der Waals surface area contributed by atoms with E-state index in [0.29, 0.717) is 25.2 Å². The Morgan fingerprint density at radius 1 is 1.25 bits per heavy atom. The monoisotopic (exact) mass is 317 g/mol. The van der Waals surface area contributed by atoms with Crippen molar-refractivity contribution in [3.8, 4) is 6.07 Å². The van der Waals surface area contributed by atoms with Gasteiger partial charge < -0.3 is 9.72 Å². The summed E-state index contributed by atoms with van der Waals surface area (Å²) < 4.78 is 5.16. The molecule has 118 valence electrons. The van der Waals surface area contributed by atoms with E-state index in [1.165, 1.54) is 0 Å². The lowest BCUT2D eigenvalue weighted by molar-refractivity contribution is -0.0317. The van der Waals surface area contributed by atoms with Gasteiger partial charge in [-0.25, -0.2) is 0 Å². The molecule has 1 fully saturated rings. The SMILES string of the molecule is N#CC1(c2ccc(Cc3cc4ccccc4[nH]c3=O)cn2)COC1. The van der Waals surface area contributed by atoms with E-state index in [9.17, 15) is 10.1 Å². The maximum atomic E-state index is 12.2. The molecular formula is C19H15N3O2. The van der Waals surface area contributed by atoms with E-state index < -0.39 is 5.41 Å². The fourth-order valence-electron chi connectivity index (χ4n) is 2.93. The third kappa shape index (κ3) is 2.38. The predicted molar refractivity (Wildman–Crippen MR) is 89.7 cm³/mol. The summed E-state index contributed by atoms with van der Waals surface area (Å²) in [5.41, 5.74) is 2.50. The number of aromatic nitrogens is 2. The van der Waals surface area contributed by atoms with Crippen LogP contribution in [0.15, 0.2) is 53.5 Å². The molecule has 0 bridgehead atoms. The standard InChI is InChI=1S/C19H15N3O2/c20-10-19(11-24-12-19)17-6-5-13(9-21-17)7-15-8-14-3-1-2-4-16(14)22-18(15)23/h1-6,8-9H,7,11-12H2,(H,22,23). The summed E-state index contributed by atoms with van der Waals surface area (Å²) in [6.45, 7) is 0.778. The van der Waals surface area contributed by atoms with Gasteiger partial charge in [0.1, 0.15) is 5.41 Å². The van der Waals surface area contributed by atoms with Gasteiger partial charge in [-0.15, -0.1) is 0 Å². The fraction of sp³-hybridized carbons (Fsp3) is 0.211. The number of nitrogens with one attached hydrogen (secondary N) is 1. The molecule has 0 aliphatic carbocycles. The number of nitrogens with zero attached hydrogens (tertiary/aromatic N) is 2. The molecule has 0 unspecified atom stereocenters. The van der Waals surface area contributed by atoms with Crippen molar-refractivity contribution in [1.82, 2.24) is 9.97 Å². The van der Waals surface area contributed by atoms with Crippen LogP contribution in [-0.2, 0) is 16.6 Å². The zero-order valence-electron chi connectivity index (χ0n) is 13.0. The number of pyridine rings is 2. The zero-order chi connectivity index (χ0) is 16.6. The van der Waals surface area contributed by atoms with Gasteiger partial charge in [0.25, 0.3) is 5.56 Å². The second kappa shape index (κ2) is 5.59. The number of aromatic amines is 1. The number of hydrogen-bond acceptors (Lipinski definition) is 4. The lowest BCUT2D eigenvalue weighted by atomic mass is 9.83. The summed E-state index contributed by atoms with van der Waals surface area (Å²) in [5.74, 6) is 0. The first-order valence-corrected chi connectivity index (χ1v) is 7.76. The van der Waals surface area contributed by atoms with Gasteiger partial charge >= 0.3 is 0 Å². The Kier molecular flexibility index (Phi) is 3.40. The first-order chi connectivity index (χ1) is 11.7. The maximum Gasteiger partial charge on any atom is 0.251 e. The van der Waals surface area contributed by atoms with E-state index in [0.717, 1.165) is 22.2 Å². The zero-order valence-corrected chi connectivity index (χ0v) is 13.0. The van der Waals surface area contributed by atoms with Gasteiger partial charge in [0.2, 0.25) is 0 Å². The van der Waals surface area contributed by atoms with E-state index in [4.69, 9.17) is 4.74 Å². The Labute approximate surface area is 138 Å². The minimum Gasteiger partial charge on any atom is -0.377 e. The molecule has 0 amide bonds. The maximum absolute atomic E-state index is 12.2. The third-order valence-electron chi connectivity index (χ3n) is 4.45. The lowest BCUT2D eigenvalue weighted by Crippen LogP contribution is -2.46. The van der Waals surface area contributed by atoms with Gasteiger partial charge in [-0.1, -0.05) is 24.3 Å². The van der Waals surface area contributed by atoms with Crippen molar-refractivity contribution in [3.05, 3.63) is 75.8 Å². The predicted octanol–water partition coefficient (Wildman–Crippen LogP) is 2.31. The number of nitriles is 1. The van der Waals surface area contributed by atoms with Crippen molar-refractivity contribution in [2.24, 2.45) is 0 Å². The van der Waals surface area contributed by atoms with Gasteiger partial charge in [-0.05, 0) is 29.1 Å². The van der Waals surface area contributed by atoms with Crippen molar-refractivity contribution in [2.45, 2.75) is 11.8 Å². The van der Waals surface area contributed by atoms with Crippen LogP contribution in [-0.4, -0.2) is 23.2 Å². The molecule has 0 atom stereocenters. The minimum atomic E-state index is -0.612. The highest BCUT2D eigenvalue weighted by Crippen LogP contribution is 2.30. The molecule has 4 rings (SSSR count). The van der Waals surface area contributed by atoms with E-state index in [1.807, 2.05) is 42.5 Å². The highest BCUT2D eigenvalue weighted by molar-refractivity contribution is 5.78. The van der Waals surface area contributed by atoms with Gasteiger partial charge in [-0.3, -0.25) is 9.78 Å². The largest absolute Gasteiger partial charge is 0.377 e. The van der Waals surface area contributed by atoms with Crippen molar-refractivity contribution in [1.29, 1.82) is 5.26 Å². The summed E-state index contributed by atoms with van der Waals surface area (Å²) in [5, 5.41) is 10.3. The van der Waals surface area contributed by atoms with E-state index in [2.05, 4.69) is 16.0 Å². The molecule has 1 aliphatic heterocycles. The van der Waals surface area contributed by atoms with Crippen molar-refractivity contribution < 1.29 is 4.74 Å². The number of rotatable bonds is 3. The average molecular weight is 317 g/mol. The van der Waals surface area contributed by atoms with Crippen LogP contribution in [0.1, 0.15) is 16.8 Å². The molecule has 5 heteroatoms. The van der Waals surface area contributed by atoms with Crippen LogP contribution < -0.4 is 5.56 Å². The average Bonchev–Trinajstić information content (AvgIpc) is 2.56. The molecule has 3 aromatic rings. The highest BCUT2D eigenvalue weighted by atomic mass is 16.5. The lowest BCUT2D eigenvalue weighted by Gasteiger charge is -2.34. The van der Waals surface area contributed by atoms with Crippen molar-refractivity contribution in [2.75, 3.05) is 13.2 Å². The number of hydrogen-bond donors (Lipinski definition) is 1. The van der Waals surface area contributed by atoms with Gasteiger partial charge in [0, 0.05) is 23.7 Å². The molecule has 0 radical (unpaired) electrons. The first kappa shape index (κ1) is 14.6. The van der Waals surface area contributed by atoms with Crippen molar-refractivity contribution in [3.63, 3.8) is 0 Å². The Bertz CT molecular complexity index is 996. The van der Waals surface area contributed by atoms with Crippen LogP contribution in [0.25, 0.3) is 10.9 Å². The molecule has 0 spiro atoms. The van der Waals surface area contributed by atoms with E-state index in [1.54, 1.807) is 6.20 Å². The summed E-state index contributed by atoms with van der Waals surface area (Å²) in [6, 6.07) is 15.7. The minimum absolute atomic E-state index is 0.0846. The summed E-state index contributed by atoms with van der Waals surface area (Å²) in [4.78, 5) is 19.6. The van der Waals surface area contributed by atoms with Gasteiger partial charge in [0.05, 0.1) is 25.0 Å². The quantitative estimate of drug-likeness (QED) is 0.804. The second-order valence-corrected chi connectivity index (χ2v) is 6.13. The molecule has 2 aromatic heterocycles. The first-order valence-electron chi connectivity index (χ1n) is 7.76. The molecule has 0 saturated carbocycles. The molecule has 1 N–H and O–H groups in total. The normalized spacial score (nSPS) is 15.6. The number of ether oxygens (including phenoxy) is 1. The smallest absolute Gasteiger partial charge is 0.251 e. The topological polar surface area (TPSA) is 78.8 Å². The molecule has 1 aliphatic rings. The van der Waals surface area contributed by atoms with E-state index in [-0.39, 0.29) is 5.56 Å². The Balaban J connectivity index is 1.63. The summed E-state index contributed by atoms with van der Waals surface area (Å²) >= 11 is 0. The highest BCUT2D eigenvalue weighted by Gasteiger charge is 2.42. The van der Waals surface area contributed by atoms with Gasteiger partial charge in [-0.2, -0.15) is 5.26 Å². The van der Waals surface area contributed by atoms with Crippen LogP contribution in [0.4, 0.5) is 0 Å². The molecule has 1 aromatic carbocycles. The number of benzene rings is 1. The molecular weight excluding hydrogens is 302 g/mol. The molecule has 1 saturated heterocycles. The summed E-state index contributed by atoms with van der Waals surface area (Å²) in [7, 11) is 0. The van der Waals surface area contributed by atoms with Gasteiger partial charge in [0.15, 0.2) is 0 Å². The third-order valence-corrected chi connectivity index (χ3v) is 4.45. The van der Waals surface area contributed by atoms with Crippen LogP contribution in [0, 0.1) is 11.3 Å². The summed E-state index contributed by atoms with van der Waals surface area (Å²) in [6.07, 6.45) is 2.24. The number of fused-ring (bicyclic) bond motifs is 1.